The van der Waals surface area contributed by atoms with Crippen molar-refractivity contribution in [1.29, 1.82) is 0 Å². The van der Waals surface area contributed by atoms with E-state index in [0.717, 1.165) is 46.9 Å². The molecular weight excluding hydrogens is 310 g/mol. The zero-order valence-corrected chi connectivity index (χ0v) is 12.4. The Hall–Kier alpha value is -1.92. The number of aromatic nitrogens is 3. The molecule has 0 atom stereocenters. The van der Waals surface area contributed by atoms with Crippen LogP contribution in [0.3, 0.4) is 0 Å². The second-order valence-corrected chi connectivity index (χ2v) is 6.00. The van der Waals surface area contributed by atoms with Gasteiger partial charge in [-0.3, -0.25) is 0 Å². The number of carboxylic acid groups (broad SMARTS) is 1. The lowest BCUT2D eigenvalue weighted by atomic mass is 10.1. The van der Waals surface area contributed by atoms with Crippen molar-refractivity contribution in [2.75, 3.05) is 0 Å². The van der Waals surface area contributed by atoms with Gasteiger partial charge in [-0.25, -0.2) is 4.79 Å². The van der Waals surface area contributed by atoms with Gasteiger partial charge >= 0.3 is 5.97 Å². The third-order valence-corrected chi connectivity index (χ3v) is 4.54. The number of fused-ring (bicyclic) bond motifs is 1. The normalized spacial score (nSPS) is 14.7. The lowest BCUT2D eigenvalue weighted by Crippen LogP contribution is -2.08. The summed E-state index contributed by atoms with van der Waals surface area (Å²) in [5.41, 5.74) is 3.37. The molecule has 5 nitrogen and oxygen atoms in total. The van der Waals surface area contributed by atoms with Crippen LogP contribution < -0.4 is 0 Å². The summed E-state index contributed by atoms with van der Waals surface area (Å²) in [7, 11) is 0. The van der Waals surface area contributed by atoms with Crippen LogP contribution in [0, 0.1) is 0 Å². The summed E-state index contributed by atoms with van der Waals surface area (Å²) in [6, 6.07) is 7.28. The molecule has 3 aromatic rings. The van der Waals surface area contributed by atoms with E-state index >= 15 is 0 Å². The lowest BCUT2D eigenvalue weighted by molar-refractivity contribution is 0.0685. The van der Waals surface area contributed by atoms with Crippen LogP contribution in [-0.4, -0.2) is 24.4 Å². The Bertz CT molecular complexity index is 866. The Balaban J connectivity index is 2.03. The molecule has 4 rings (SSSR count). The second-order valence-electron chi connectivity index (χ2n) is 5.06. The highest BCUT2D eigenvalue weighted by atomic mass is 35.5. The monoisotopic (exact) mass is 319 g/mol. The van der Waals surface area contributed by atoms with Gasteiger partial charge in [-0.05, 0) is 37.1 Å². The van der Waals surface area contributed by atoms with Gasteiger partial charge in [-0.2, -0.15) is 8.75 Å². The number of hydrogen-bond acceptors (Lipinski definition) is 4. The number of carbonyl (C=O) groups is 1. The number of halogens is 1. The summed E-state index contributed by atoms with van der Waals surface area (Å²) >= 11 is 7.49. The van der Waals surface area contributed by atoms with E-state index < -0.39 is 5.97 Å². The molecule has 1 aliphatic rings. The van der Waals surface area contributed by atoms with Crippen LogP contribution in [0.1, 0.15) is 29.4 Å². The van der Waals surface area contributed by atoms with Crippen LogP contribution in [0.15, 0.2) is 24.3 Å². The van der Waals surface area contributed by atoms with Gasteiger partial charge in [0.1, 0.15) is 16.7 Å². The maximum atomic E-state index is 11.4. The number of aromatic carboxylic acids is 1. The van der Waals surface area contributed by atoms with Gasteiger partial charge in [0.05, 0.1) is 22.4 Å². The molecule has 1 aliphatic carbocycles. The highest BCUT2D eigenvalue weighted by Gasteiger charge is 2.31. The number of nitrogens with zero attached hydrogens (tertiary/aromatic N) is 3. The molecular formula is C14H10ClN3O2S. The SMILES string of the molecule is O=C(O)c1ccc(-c2c(Cl)ccc3nsnc23)n1C1CC1. The third-order valence-electron chi connectivity index (χ3n) is 3.68. The third kappa shape index (κ3) is 1.94. The standard InChI is InChI=1S/C14H10ClN3O2S/c15-8-3-4-9-13(17-21-16-9)12(8)10-5-6-11(14(19)20)18(10)7-1-2-7/h3-7H,1-2H2,(H,19,20). The zero-order valence-electron chi connectivity index (χ0n) is 10.8. The van der Waals surface area contributed by atoms with E-state index in [-0.39, 0.29) is 6.04 Å². The van der Waals surface area contributed by atoms with E-state index in [1.165, 1.54) is 0 Å². The number of benzene rings is 1. The first-order valence-electron chi connectivity index (χ1n) is 6.52. The molecule has 0 aliphatic heterocycles. The topological polar surface area (TPSA) is 68.0 Å². The molecule has 2 heterocycles. The summed E-state index contributed by atoms with van der Waals surface area (Å²) in [6.45, 7) is 0. The largest absolute Gasteiger partial charge is 0.477 e. The fourth-order valence-electron chi connectivity index (χ4n) is 2.62. The lowest BCUT2D eigenvalue weighted by Gasteiger charge is -2.12. The van der Waals surface area contributed by atoms with Crippen molar-refractivity contribution in [3.63, 3.8) is 0 Å². The molecule has 1 saturated carbocycles. The van der Waals surface area contributed by atoms with E-state index in [9.17, 15) is 9.90 Å². The summed E-state index contributed by atoms with van der Waals surface area (Å²) in [5, 5.41) is 9.93. The van der Waals surface area contributed by atoms with Crippen molar-refractivity contribution in [3.05, 3.63) is 35.0 Å². The number of carboxylic acids is 1. The fourth-order valence-corrected chi connectivity index (χ4v) is 3.41. The average molecular weight is 320 g/mol. The molecule has 2 aromatic heterocycles. The Labute approximate surface area is 129 Å². The van der Waals surface area contributed by atoms with Crippen LogP contribution in [0.2, 0.25) is 5.02 Å². The van der Waals surface area contributed by atoms with Crippen LogP contribution in [0.4, 0.5) is 0 Å². The van der Waals surface area contributed by atoms with Crippen molar-refractivity contribution < 1.29 is 9.90 Å². The predicted molar refractivity (Wildman–Crippen MR) is 81.1 cm³/mol. The summed E-state index contributed by atoms with van der Waals surface area (Å²) in [6.07, 6.45) is 1.98. The van der Waals surface area contributed by atoms with Crippen molar-refractivity contribution in [2.45, 2.75) is 18.9 Å². The van der Waals surface area contributed by atoms with E-state index in [0.29, 0.717) is 10.7 Å². The predicted octanol–water partition coefficient (Wildman–Crippen LogP) is 3.85. The van der Waals surface area contributed by atoms with Crippen LogP contribution in [-0.2, 0) is 0 Å². The van der Waals surface area contributed by atoms with E-state index in [2.05, 4.69) is 8.75 Å². The highest BCUT2D eigenvalue weighted by molar-refractivity contribution is 7.00. The van der Waals surface area contributed by atoms with Gasteiger partial charge < -0.3 is 9.67 Å². The van der Waals surface area contributed by atoms with Gasteiger partial charge in [-0.1, -0.05) is 11.6 Å². The first-order chi connectivity index (χ1) is 10.2. The van der Waals surface area contributed by atoms with Gasteiger partial charge in [0, 0.05) is 11.6 Å². The van der Waals surface area contributed by atoms with Crippen molar-refractivity contribution >= 4 is 40.3 Å². The second kappa shape index (κ2) is 4.54. The van der Waals surface area contributed by atoms with E-state index in [1.54, 1.807) is 12.1 Å². The fraction of sp³-hybridized carbons (Fsp3) is 0.214. The average Bonchev–Trinajstić information content (AvgIpc) is 3.01. The molecule has 106 valence electrons. The summed E-state index contributed by atoms with van der Waals surface area (Å²) in [5.74, 6) is -0.923. The molecule has 0 spiro atoms. The maximum absolute atomic E-state index is 11.4. The van der Waals surface area contributed by atoms with Gasteiger partial charge in [0.2, 0.25) is 0 Å². The Morgan fingerprint density at radius 1 is 1.29 bits per heavy atom. The Morgan fingerprint density at radius 3 is 2.81 bits per heavy atom. The molecule has 7 heteroatoms. The first-order valence-corrected chi connectivity index (χ1v) is 7.63. The number of rotatable bonds is 3. The van der Waals surface area contributed by atoms with Crippen LogP contribution in [0.25, 0.3) is 22.3 Å². The first kappa shape index (κ1) is 12.8. The minimum absolute atomic E-state index is 0.235. The minimum atomic E-state index is -0.923. The molecule has 0 unspecified atom stereocenters. The Morgan fingerprint density at radius 2 is 2.10 bits per heavy atom. The molecule has 1 fully saturated rings. The van der Waals surface area contributed by atoms with Gasteiger partial charge in [0.25, 0.3) is 0 Å². The molecule has 0 radical (unpaired) electrons. The molecule has 1 aromatic carbocycles. The molecule has 0 amide bonds. The maximum Gasteiger partial charge on any atom is 0.352 e. The van der Waals surface area contributed by atoms with E-state index in [1.807, 2.05) is 16.7 Å². The zero-order chi connectivity index (χ0) is 14.6. The summed E-state index contributed by atoms with van der Waals surface area (Å²) in [4.78, 5) is 11.4. The molecule has 0 saturated heterocycles. The summed E-state index contributed by atoms with van der Waals surface area (Å²) < 4.78 is 10.4. The molecule has 21 heavy (non-hydrogen) atoms. The van der Waals surface area contributed by atoms with Crippen LogP contribution in [0.5, 0.6) is 0 Å². The molecule has 0 bridgehead atoms. The van der Waals surface area contributed by atoms with Crippen molar-refractivity contribution in [2.24, 2.45) is 0 Å². The van der Waals surface area contributed by atoms with Gasteiger partial charge in [-0.15, -0.1) is 0 Å². The quantitative estimate of drug-likeness (QED) is 0.796. The van der Waals surface area contributed by atoms with Crippen LogP contribution >= 0.6 is 23.3 Å². The molecule has 1 N–H and O–H groups in total. The van der Waals surface area contributed by atoms with E-state index in [4.69, 9.17) is 11.6 Å². The minimum Gasteiger partial charge on any atom is -0.477 e. The van der Waals surface area contributed by atoms with Crippen molar-refractivity contribution in [1.82, 2.24) is 13.3 Å². The number of hydrogen-bond donors (Lipinski definition) is 1. The Kier molecular flexibility index (Phi) is 2.77. The highest BCUT2D eigenvalue weighted by Crippen LogP contribution is 2.43. The smallest absolute Gasteiger partial charge is 0.352 e. The van der Waals surface area contributed by atoms with Gasteiger partial charge in [0.15, 0.2) is 0 Å². The van der Waals surface area contributed by atoms with Crippen molar-refractivity contribution in [3.8, 4) is 11.3 Å².